The summed E-state index contributed by atoms with van der Waals surface area (Å²) < 4.78 is 18.9. The van der Waals surface area contributed by atoms with Gasteiger partial charge in [0.15, 0.2) is 0 Å². The molecule has 0 saturated carbocycles. The quantitative estimate of drug-likeness (QED) is 0.361. The molecular formula is C34H53O3P. The van der Waals surface area contributed by atoms with Gasteiger partial charge in [0.25, 0.3) is 0 Å². The van der Waals surface area contributed by atoms with Crippen molar-refractivity contribution in [2.24, 2.45) is 5.41 Å². The normalized spacial score (nSPS) is 17.5. The number of benzene rings is 2. The molecule has 0 amide bonds. The first-order valence-electron chi connectivity index (χ1n) is 14.1. The Balaban J connectivity index is 2.19. The highest BCUT2D eigenvalue weighted by molar-refractivity contribution is 7.42. The van der Waals surface area contributed by atoms with E-state index >= 15 is 0 Å². The van der Waals surface area contributed by atoms with E-state index in [-0.39, 0.29) is 27.1 Å². The summed E-state index contributed by atoms with van der Waals surface area (Å²) >= 11 is 0. The van der Waals surface area contributed by atoms with Gasteiger partial charge in [-0.3, -0.25) is 0 Å². The average molecular weight is 541 g/mol. The van der Waals surface area contributed by atoms with Crippen LogP contribution in [0, 0.1) is 5.41 Å². The van der Waals surface area contributed by atoms with Crippen molar-refractivity contribution in [2.45, 2.75) is 125 Å². The van der Waals surface area contributed by atoms with E-state index in [2.05, 4.69) is 127 Å². The first-order valence-corrected chi connectivity index (χ1v) is 15.2. The zero-order valence-electron chi connectivity index (χ0n) is 26.7. The highest BCUT2D eigenvalue weighted by Gasteiger charge is 2.34. The van der Waals surface area contributed by atoms with Gasteiger partial charge in [-0.1, -0.05) is 127 Å². The lowest BCUT2D eigenvalue weighted by Crippen LogP contribution is -2.29. The minimum Gasteiger partial charge on any atom is -0.426 e. The van der Waals surface area contributed by atoms with Crippen LogP contribution in [0.15, 0.2) is 30.3 Å². The van der Waals surface area contributed by atoms with Gasteiger partial charge in [0.05, 0.1) is 13.2 Å². The second-order valence-electron chi connectivity index (χ2n) is 16.1. The Labute approximate surface area is 235 Å². The average Bonchev–Trinajstić information content (AvgIpc) is 2.73. The van der Waals surface area contributed by atoms with Gasteiger partial charge in [0, 0.05) is 17.4 Å². The van der Waals surface area contributed by atoms with E-state index in [1.807, 2.05) is 0 Å². The molecule has 1 aliphatic heterocycles. The SMILES string of the molecule is CC1(C)COP(Oc2c(Cc3cc(C(C)(C)C)cc(C(C)(C)C)c3)cc(C(C)(C)C)cc2C(C)(C)C)OC1. The molecule has 0 unspecified atom stereocenters. The van der Waals surface area contributed by atoms with E-state index in [9.17, 15) is 0 Å². The third-order valence-corrected chi connectivity index (χ3v) is 8.26. The van der Waals surface area contributed by atoms with Crippen LogP contribution in [0.25, 0.3) is 0 Å². The molecule has 0 aromatic heterocycles. The molecular weight excluding hydrogens is 487 g/mol. The number of hydrogen-bond donors (Lipinski definition) is 0. The lowest BCUT2D eigenvalue weighted by Gasteiger charge is -2.35. The maximum absolute atomic E-state index is 6.69. The fourth-order valence-electron chi connectivity index (χ4n) is 4.46. The highest BCUT2D eigenvalue weighted by atomic mass is 31.2. The van der Waals surface area contributed by atoms with Crippen molar-refractivity contribution < 1.29 is 13.6 Å². The Hall–Kier alpha value is -1.41. The van der Waals surface area contributed by atoms with Crippen LogP contribution in [0.4, 0.5) is 0 Å². The Morgan fingerprint density at radius 2 is 1.11 bits per heavy atom. The summed E-state index contributed by atoms with van der Waals surface area (Å²) in [6.45, 7) is 33.1. The molecule has 4 heteroatoms. The molecule has 1 aliphatic rings. The molecule has 1 fully saturated rings. The van der Waals surface area contributed by atoms with Crippen LogP contribution in [0.1, 0.15) is 130 Å². The Morgan fingerprint density at radius 3 is 1.53 bits per heavy atom. The van der Waals surface area contributed by atoms with Crippen molar-refractivity contribution in [1.82, 2.24) is 0 Å². The molecule has 0 bridgehead atoms. The molecule has 3 nitrogen and oxygen atoms in total. The van der Waals surface area contributed by atoms with Gasteiger partial charge in [-0.25, -0.2) is 0 Å². The fraction of sp³-hybridized carbons (Fsp3) is 0.647. The highest BCUT2D eigenvalue weighted by Crippen LogP contribution is 2.51. The largest absolute Gasteiger partial charge is 0.426 e. The van der Waals surface area contributed by atoms with Gasteiger partial charge < -0.3 is 13.6 Å². The summed E-state index contributed by atoms with van der Waals surface area (Å²) in [6, 6.07) is 11.9. The van der Waals surface area contributed by atoms with Crippen LogP contribution in [-0.2, 0) is 37.1 Å². The van der Waals surface area contributed by atoms with E-state index in [0.29, 0.717) is 13.2 Å². The monoisotopic (exact) mass is 540 g/mol. The van der Waals surface area contributed by atoms with Crippen LogP contribution in [0.2, 0.25) is 0 Å². The van der Waals surface area contributed by atoms with Crippen LogP contribution in [0.3, 0.4) is 0 Å². The van der Waals surface area contributed by atoms with Gasteiger partial charge in [0.2, 0.25) is 0 Å². The molecule has 0 radical (unpaired) electrons. The lowest BCUT2D eigenvalue weighted by molar-refractivity contribution is 0.0424. The van der Waals surface area contributed by atoms with Gasteiger partial charge in [-0.15, -0.1) is 0 Å². The van der Waals surface area contributed by atoms with Crippen LogP contribution >= 0.6 is 8.60 Å². The predicted molar refractivity (Wildman–Crippen MR) is 164 cm³/mol. The summed E-state index contributed by atoms with van der Waals surface area (Å²) in [4.78, 5) is 0. The molecule has 0 atom stereocenters. The summed E-state index contributed by atoms with van der Waals surface area (Å²) in [5.74, 6) is 0.926. The van der Waals surface area contributed by atoms with Crippen molar-refractivity contribution in [3.63, 3.8) is 0 Å². The third kappa shape index (κ3) is 7.83. The van der Waals surface area contributed by atoms with E-state index in [0.717, 1.165) is 12.2 Å². The molecule has 2 aromatic carbocycles. The second kappa shape index (κ2) is 10.5. The lowest BCUT2D eigenvalue weighted by atomic mass is 9.77. The smallest absolute Gasteiger partial charge is 0.397 e. The van der Waals surface area contributed by atoms with Gasteiger partial charge in [-0.2, -0.15) is 0 Å². The predicted octanol–water partition coefficient (Wildman–Crippen LogP) is 10.1. The van der Waals surface area contributed by atoms with Gasteiger partial charge in [0.1, 0.15) is 5.75 Å². The Kier molecular flexibility index (Phi) is 8.62. The summed E-state index contributed by atoms with van der Waals surface area (Å²) in [6.07, 6.45) is 0.796. The standard InChI is InChI=1S/C34H53O3P/c1-30(2,3)25-16-23(17-26(19-25)31(4,5)6)15-24-18-27(32(7,8)9)20-28(33(10,11)12)29(24)37-38-35-21-34(13,14)22-36-38/h16-20H,15,21-22H2,1-14H3. The topological polar surface area (TPSA) is 27.7 Å². The van der Waals surface area contributed by atoms with Crippen LogP contribution < -0.4 is 4.52 Å². The van der Waals surface area contributed by atoms with Crippen LogP contribution in [-0.4, -0.2) is 13.2 Å². The first kappa shape index (κ1) is 31.1. The van der Waals surface area contributed by atoms with Crippen molar-refractivity contribution in [2.75, 3.05) is 13.2 Å². The molecule has 3 rings (SSSR count). The molecule has 38 heavy (non-hydrogen) atoms. The fourth-order valence-corrected chi connectivity index (χ4v) is 5.91. The first-order chi connectivity index (χ1) is 17.1. The van der Waals surface area contributed by atoms with Gasteiger partial charge >= 0.3 is 8.60 Å². The Morgan fingerprint density at radius 1 is 0.658 bits per heavy atom. The Bertz CT molecular complexity index is 1090. The molecule has 0 spiro atoms. The molecule has 0 N–H and O–H groups in total. The minimum atomic E-state index is -1.45. The molecule has 1 heterocycles. The summed E-state index contributed by atoms with van der Waals surface area (Å²) in [5, 5.41) is 0. The second-order valence-corrected chi connectivity index (χ2v) is 17.3. The van der Waals surface area contributed by atoms with Crippen molar-refractivity contribution >= 4 is 8.60 Å². The molecule has 0 aliphatic carbocycles. The van der Waals surface area contributed by atoms with Crippen LogP contribution in [0.5, 0.6) is 5.75 Å². The number of hydrogen-bond acceptors (Lipinski definition) is 3. The minimum absolute atomic E-state index is 0.00469. The summed E-state index contributed by atoms with van der Waals surface area (Å²) in [5.41, 5.74) is 7.86. The van der Waals surface area contributed by atoms with E-state index < -0.39 is 8.60 Å². The zero-order valence-corrected chi connectivity index (χ0v) is 27.6. The van der Waals surface area contributed by atoms with Gasteiger partial charge in [-0.05, 0) is 49.5 Å². The maximum atomic E-state index is 6.69. The van der Waals surface area contributed by atoms with E-state index in [4.69, 9.17) is 13.6 Å². The van der Waals surface area contributed by atoms with Crippen molar-refractivity contribution in [3.05, 3.63) is 63.7 Å². The van der Waals surface area contributed by atoms with E-state index in [1.165, 1.54) is 33.4 Å². The van der Waals surface area contributed by atoms with E-state index in [1.54, 1.807) is 0 Å². The third-order valence-electron chi connectivity index (χ3n) is 7.25. The molecule has 2 aromatic rings. The maximum Gasteiger partial charge on any atom is 0.397 e. The molecule has 212 valence electrons. The zero-order chi connectivity index (χ0) is 28.9. The van der Waals surface area contributed by atoms with Crippen molar-refractivity contribution in [1.29, 1.82) is 0 Å². The summed E-state index contributed by atoms with van der Waals surface area (Å²) in [7, 11) is -1.45. The molecule has 1 saturated heterocycles. The number of rotatable bonds is 4. The van der Waals surface area contributed by atoms with Crippen molar-refractivity contribution in [3.8, 4) is 5.75 Å².